The van der Waals surface area contributed by atoms with Crippen LogP contribution in [-0.2, 0) is 22.7 Å². The molecule has 4 amide bonds. The minimum Gasteiger partial charge on any atom is -0.497 e. The SMILES string of the molecule is COc1ccc(CNC(=O)N2[C@H]3CN(Cc4ccc(F)cc4)C(=O)[C@H](CC(C)C)N3C(=O)CN2C)cc1. The molecule has 2 aromatic carbocycles. The maximum atomic E-state index is 13.6. The molecule has 1 N–H and O–H groups in total. The molecular weight excluding hydrogens is 477 g/mol. The third-order valence-corrected chi connectivity index (χ3v) is 6.73. The summed E-state index contributed by atoms with van der Waals surface area (Å²) < 4.78 is 18.6. The van der Waals surface area contributed by atoms with Crippen molar-refractivity contribution in [1.29, 1.82) is 0 Å². The summed E-state index contributed by atoms with van der Waals surface area (Å²) in [6, 6.07) is 12.4. The van der Waals surface area contributed by atoms with Crippen molar-refractivity contribution < 1.29 is 23.5 Å². The zero-order valence-electron chi connectivity index (χ0n) is 21.7. The summed E-state index contributed by atoms with van der Waals surface area (Å²) in [5, 5.41) is 6.08. The number of rotatable bonds is 7. The molecule has 9 nitrogen and oxygen atoms in total. The first-order chi connectivity index (χ1) is 17.7. The predicted molar refractivity (Wildman–Crippen MR) is 135 cm³/mol. The Balaban J connectivity index is 1.58. The summed E-state index contributed by atoms with van der Waals surface area (Å²) in [5.41, 5.74) is 1.67. The third-order valence-electron chi connectivity index (χ3n) is 6.73. The summed E-state index contributed by atoms with van der Waals surface area (Å²) in [6.07, 6.45) is -0.185. The lowest BCUT2D eigenvalue weighted by molar-refractivity contribution is -0.188. The standard InChI is InChI=1S/C27H34FN5O4/c1-18(2)13-23-26(35)31(15-20-5-9-21(28)10-6-20)16-24-32(23)25(34)17-30(3)33(24)27(36)29-14-19-7-11-22(37-4)12-8-19/h5-12,18,23-24H,13-17H2,1-4H3,(H,29,36)/t23-,24-/m0/s1. The molecule has 2 aliphatic rings. The molecule has 0 spiro atoms. The highest BCUT2D eigenvalue weighted by Gasteiger charge is 2.50. The van der Waals surface area contributed by atoms with Crippen LogP contribution in [0.2, 0.25) is 0 Å². The van der Waals surface area contributed by atoms with E-state index in [1.54, 1.807) is 41.1 Å². The van der Waals surface area contributed by atoms with Gasteiger partial charge >= 0.3 is 6.03 Å². The van der Waals surface area contributed by atoms with Crippen molar-refractivity contribution in [1.82, 2.24) is 25.1 Å². The van der Waals surface area contributed by atoms with Crippen molar-refractivity contribution in [2.45, 2.75) is 45.6 Å². The summed E-state index contributed by atoms with van der Waals surface area (Å²) in [4.78, 5) is 43.4. The first kappa shape index (κ1) is 26.4. The van der Waals surface area contributed by atoms with Crippen molar-refractivity contribution in [3.8, 4) is 5.75 Å². The number of piperazine rings is 1. The topological polar surface area (TPSA) is 85.4 Å². The average molecular weight is 512 g/mol. The Labute approximate surface area is 216 Å². The molecule has 0 radical (unpaired) electrons. The monoisotopic (exact) mass is 511 g/mol. The van der Waals surface area contributed by atoms with Crippen molar-refractivity contribution in [2.75, 3.05) is 27.2 Å². The number of nitrogens with zero attached hydrogens (tertiary/aromatic N) is 4. The lowest BCUT2D eigenvalue weighted by Gasteiger charge is -2.54. The Bertz CT molecular complexity index is 1120. The first-order valence-electron chi connectivity index (χ1n) is 12.4. The fourth-order valence-electron chi connectivity index (χ4n) is 4.93. The number of carbonyl (C=O) groups excluding carboxylic acids is 3. The van der Waals surface area contributed by atoms with Gasteiger partial charge in [0.05, 0.1) is 20.2 Å². The number of hydrogen-bond donors (Lipinski definition) is 1. The molecule has 0 saturated carbocycles. The Morgan fingerprint density at radius 1 is 1.08 bits per heavy atom. The Kier molecular flexibility index (Phi) is 7.97. The van der Waals surface area contributed by atoms with E-state index in [0.717, 1.165) is 16.9 Å². The number of urea groups is 1. The van der Waals surface area contributed by atoms with Gasteiger partial charge in [-0.2, -0.15) is 0 Å². The van der Waals surface area contributed by atoms with Crippen molar-refractivity contribution in [3.63, 3.8) is 0 Å². The Hall–Kier alpha value is -3.66. The second-order valence-corrected chi connectivity index (χ2v) is 9.94. The smallest absolute Gasteiger partial charge is 0.334 e. The lowest BCUT2D eigenvalue weighted by Crippen LogP contribution is -2.75. The van der Waals surface area contributed by atoms with Gasteiger partial charge in [-0.3, -0.25) is 9.59 Å². The number of hydrogen-bond acceptors (Lipinski definition) is 5. The Morgan fingerprint density at radius 3 is 2.35 bits per heavy atom. The number of fused-ring (bicyclic) bond motifs is 1. The molecule has 2 aromatic rings. The Morgan fingerprint density at radius 2 is 1.73 bits per heavy atom. The number of halogens is 1. The molecule has 37 heavy (non-hydrogen) atoms. The van der Waals surface area contributed by atoms with Gasteiger partial charge in [-0.05, 0) is 47.7 Å². The van der Waals surface area contributed by atoms with Gasteiger partial charge in [-0.15, -0.1) is 0 Å². The largest absolute Gasteiger partial charge is 0.497 e. The lowest BCUT2D eigenvalue weighted by atomic mass is 9.96. The van der Waals surface area contributed by atoms with E-state index in [-0.39, 0.29) is 49.2 Å². The molecule has 0 unspecified atom stereocenters. The number of carbonyl (C=O) groups is 3. The van der Waals surface area contributed by atoms with E-state index in [1.807, 2.05) is 38.1 Å². The summed E-state index contributed by atoms with van der Waals surface area (Å²) in [7, 11) is 3.29. The van der Waals surface area contributed by atoms with Crippen LogP contribution < -0.4 is 10.1 Å². The number of hydrazine groups is 1. The highest BCUT2D eigenvalue weighted by Crippen LogP contribution is 2.29. The zero-order valence-corrected chi connectivity index (χ0v) is 21.7. The fourth-order valence-corrected chi connectivity index (χ4v) is 4.93. The van der Waals surface area contributed by atoms with E-state index in [9.17, 15) is 18.8 Å². The highest BCUT2D eigenvalue weighted by atomic mass is 19.1. The van der Waals surface area contributed by atoms with Gasteiger partial charge in [0, 0.05) is 20.1 Å². The van der Waals surface area contributed by atoms with Gasteiger partial charge in [0.1, 0.15) is 23.8 Å². The highest BCUT2D eigenvalue weighted by molar-refractivity contribution is 5.91. The van der Waals surface area contributed by atoms with Crippen molar-refractivity contribution in [3.05, 3.63) is 65.5 Å². The van der Waals surface area contributed by atoms with Gasteiger partial charge in [0.25, 0.3) is 0 Å². The summed E-state index contributed by atoms with van der Waals surface area (Å²) in [5.74, 6) is 0.184. The van der Waals surface area contributed by atoms with Crippen LogP contribution in [0.1, 0.15) is 31.4 Å². The van der Waals surface area contributed by atoms with Crippen LogP contribution >= 0.6 is 0 Å². The number of nitrogens with one attached hydrogen (secondary N) is 1. The van der Waals surface area contributed by atoms with Crippen LogP contribution in [0.4, 0.5) is 9.18 Å². The molecule has 4 rings (SSSR count). The maximum Gasteiger partial charge on any atom is 0.334 e. The number of amides is 4. The van der Waals surface area contributed by atoms with E-state index in [0.29, 0.717) is 13.0 Å². The second-order valence-electron chi connectivity index (χ2n) is 9.94. The molecule has 10 heteroatoms. The van der Waals surface area contributed by atoms with Crippen LogP contribution in [0, 0.1) is 11.7 Å². The van der Waals surface area contributed by atoms with Crippen molar-refractivity contribution in [2.24, 2.45) is 5.92 Å². The summed E-state index contributed by atoms with van der Waals surface area (Å²) in [6.45, 7) is 4.70. The number of likely N-dealkylation sites (N-methyl/N-ethyl adjacent to an activating group) is 1. The van der Waals surface area contributed by atoms with Crippen molar-refractivity contribution >= 4 is 17.8 Å². The van der Waals surface area contributed by atoms with Crippen LogP contribution in [0.5, 0.6) is 5.75 Å². The van der Waals surface area contributed by atoms with E-state index in [2.05, 4.69) is 5.32 Å². The van der Waals surface area contributed by atoms with E-state index >= 15 is 0 Å². The molecule has 2 saturated heterocycles. The molecule has 2 aliphatic heterocycles. The molecule has 2 heterocycles. The number of methoxy groups -OCH3 is 1. The fraction of sp³-hybridized carbons (Fsp3) is 0.444. The van der Waals surface area contributed by atoms with Crippen LogP contribution in [0.25, 0.3) is 0 Å². The van der Waals surface area contributed by atoms with Gasteiger partial charge in [0.2, 0.25) is 11.8 Å². The molecule has 198 valence electrons. The predicted octanol–water partition coefficient (Wildman–Crippen LogP) is 2.82. The van der Waals surface area contributed by atoms with Gasteiger partial charge in [0.15, 0.2) is 0 Å². The minimum atomic E-state index is -0.683. The van der Waals surface area contributed by atoms with Gasteiger partial charge in [-0.1, -0.05) is 38.1 Å². The maximum absolute atomic E-state index is 13.6. The van der Waals surface area contributed by atoms with Crippen LogP contribution in [-0.4, -0.2) is 77.1 Å². The number of benzene rings is 2. The van der Waals surface area contributed by atoms with Crippen LogP contribution in [0.3, 0.4) is 0 Å². The van der Waals surface area contributed by atoms with E-state index in [4.69, 9.17) is 4.74 Å². The van der Waals surface area contributed by atoms with E-state index in [1.165, 1.54) is 17.1 Å². The number of ether oxygens (including phenoxy) is 1. The second kappa shape index (κ2) is 11.2. The minimum absolute atomic E-state index is 0.00765. The first-order valence-corrected chi connectivity index (χ1v) is 12.4. The van der Waals surface area contributed by atoms with Gasteiger partial charge < -0.3 is 19.9 Å². The molecule has 0 bridgehead atoms. The zero-order chi connectivity index (χ0) is 26.7. The summed E-state index contributed by atoms with van der Waals surface area (Å²) >= 11 is 0. The van der Waals surface area contributed by atoms with Crippen LogP contribution in [0.15, 0.2) is 48.5 Å². The molecule has 0 aliphatic carbocycles. The van der Waals surface area contributed by atoms with Gasteiger partial charge in [-0.25, -0.2) is 19.2 Å². The molecule has 0 aromatic heterocycles. The van der Waals surface area contributed by atoms with E-state index < -0.39 is 12.2 Å². The quantitative estimate of drug-likeness (QED) is 0.618. The normalized spacial score (nSPS) is 20.3. The molecule has 2 atom stereocenters. The molecule has 2 fully saturated rings. The third kappa shape index (κ3) is 5.85. The average Bonchev–Trinajstić information content (AvgIpc) is 2.86. The molecular formula is C27H34FN5O4.